The summed E-state index contributed by atoms with van der Waals surface area (Å²) in [6.45, 7) is 1.41. The third kappa shape index (κ3) is 2.67. The van der Waals surface area contributed by atoms with Crippen LogP contribution in [0.4, 0.5) is 0 Å². The minimum atomic E-state index is -0.948. The van der Waals surface area contributed by atoms with Gasteiger partial charge in [-0.05, 0) is 24.6 Å². The maximum atomic E-state index is 10.5. The molecule has 0 unspecified atom stereocenters. The number of carboxylic acid groups (broad SMARTS) is 1. The summed E-state index contributed by atoms with van der Waals surface area (Å²) in [5, 5.41) is 17.3. The van der Waals surface area contributed by atoms with Crippen LogP contribution in [0.5, 0.6) is 0 Å². The summed E-state index contributed by atoms with van der Waals surface area (Å²) in [7, 11) is 0. The zero-order valence-electron chi connectivity index (χ0n) is 7.77. The van der Waals surface area contributed by atoms with Crippen molar-refractivity contribution in [1.29, 1.82) is 0 Å². The molecule has 0 atom stereocenters. The number of nitrogens with zero attached hydrogens (tertiary/aromatic N) is 1. The second-order valence-electron chi connectivity index (χ2n) is 2.87. The van der Waals surface area contributed by atoms with Crippen molar-refractivity contribution >= 4 is 12.0 Å². The summed E-state index contributed by atoms with van der Waals surface area (Å²) in [6.07, 6.45) is 3.05. The maximum Gasteiger partial charge on any atom is 0.331 e. The normalized spacial score (nSPS) is 11.4. The average Bonchev–Trinajstić information content (AvgIpc) is 2.19. The molecule has 4 nitrogen and oxygen atoms in total. The van der Waals surface area contributed by atoms with Crippen LogP contribution in [0.15, 0.2) is 23.9 Å². The number of pyridine rings is 1. The number of carboxylic acids is 1. The van der Waals surface area contributed by atoms with Gasteiger partial charge in [0.2, 0.25) is 0 Å². The van der Waals surface area contributed by atoms with Gasteiger partial charge in [0.15, 0.2) is 0 Å². The first-order valence-electron chi connectivity index (χ1n) is 4.11. The van der Waals surface area contributed by atoms with Gasteiger partial charge in [-0.2, -0.15) is 0 Å². The molecule has 0 aromatic carbocycles. The Kier molecular flexibility index (Phi) is 3.36. The van der Waals surface area contributed by atoms with Crippen molar-refractivity contribution in [3.8, 4) is 0 Å². The molecule has 0 spiro atoms. The van der Waals surface area contributed by atoms with Crippen molar-refractivity contribution < 1.29 is 15.0 Å². The number of rotatable bonds is 3. The van der Waals surface area contributed by atoms with Crippen molar-refractivity contribution in [2.45, 2.75) is 13.5 Å². The molecule has 0 aliphatic heterocycles. The molecule has 14 heavy (non-hydrogen) atoms. The smallest absolute Gasteiger partial charge is 0.331 e. The van der Waals surface area contributed by atoms with E-state index in [1.165, 1.54) is 19.2 Å². The van der Waals surface area contributed by atoms with Gasteiger partial charge < -0.3 is 10.2 Å². The molecule has 74 valence electrons. The van der Waals surface area contributed by atoms with E-state index < -0.39 is 5.97 Å². The number of aliphatic hydroxyl groups excluding tert-OH is 1. The SMILES string of the molecule is CC(=Cc1ccc(CO)nc1)C(=O)O. The van der Waals surface area contributed by atoms with Gasteiger partial charge >= 0.3 is 5.97 Å². The van der Waals surface area contributed by atoms with Crippen molar-refractivity contribution in [1.82, 2.24) is 4.98 Å². The highest BCUT2D eigenvalue weighted by atomic mass is 16.4. The molecule has 1 heterocycles. The third-order valence-electron chi connectivity index (χ3n) is 1.73. The number of aromatic nitrogens is 1. The first-order chi connectivity index (χ1) is 6.63. The van der Waals surface area contributed by atoms with Crippen LogP contribution in [0.25, 0.3) is 6.08 Å². The van der Waals surface area contributed by atoms with Gasteiger partial charge in [-0.1, -0.05) is 6.07 Å². The first-order valence-corrected chi connectivity index (χ1v) is 4.11. The lowest BCUT2D eigenvalue weighted by molar-refractivity contribution is -0.132. The number of hydrogen-bond acceptors (Lipinski definition) is 3. The Hall–Kier alpha value is -1.68. The van der Waals surface area contributed by atoms with E-state index in [0.29, 0.717) is 11.3 Å². The Morgan fingerprint density at radius 3 is 2.71 bits per heavy atom. The first kappa shape index (κ1) is 10.4. The summed E-state index contributed by atoms with van der Waals surface area (Å²) >= 11 is 0. The molecule has 0 saturated carbocycles. The van der Waals surface area contributed by atoms with E-state index in [9.17, 15) is 4.79 Å². The summed E-state index contributed by atoms with van der Waals surface area (Å²) in [4.78, 5) is 14.4. The maximum absolute atomic E-state index is 10.5. The molecule has 2 N–H and O–H groups in total. The standard InChI is InChI=1S/C10H11NO3/c1-7(10(13)14)4-8-2-3-9(6-12)11-5-8/h2-5,12H,6H2,1H3,(H,13,14). The minimum absolute atomic E-state index is 0.109. The second kappa shape index (κ2) is 4.53. The molecule has 0 saturated heterocycles. The van der Waals surface area contributed by atoms with Gasteiger partial charge in [-0.25, -0.2) is 4.79 Å². The molecular formula is C10H11NO3. The Morgan fingerprint density at radius 2 is 2.29 bits per heavy atom. The highest BCUT2D eigenvalue weighted by molar-refractivity contribution is 5.91. The highest BCUT2D eigenvalue weighted by Crippen LogP contribution is 2.06. The summed E-state index contributed by atoms with van der Waals surface area (Å²) in [5.74, 6) is -0.948. The quantitative estimate of drug-likeness (QED) is 0.704. The number of aliphatic hydroxyl groups is 1. The van der Waals surface area contributed by atoms with Gasteiger partial charge in [-0.3, -0.25) is 4.98 Å². The molecule has 0 aliphatic carbocycles. The fourth-order valence-electron chi connectivity index (χ4n) is 0.927. The fraction of sp³-hybridized carbons (Fsp3) is 0.200. The molecule has 0 fully saturated rings. The van der Waals surface area contributed by atoms with Gasteiger partial charge in [-0.15, -0.1) is 0 Å². The zero-order chi connectivity index (χ0) is 10.6. The molecule has 0 aliphatic rings. The third-order valence-corrected chi connectivity index (χ3v) is 1.73. The van der Waals surface area contributed by atoms with E-state index >= 15 is 0 Å². The lowest BCUT2D eigenvalue weighted by Gasteiger charge is -1.97. The Morgan fingerprint density at radius 1 is 1.57 bits per heavy atom. The molecular weight excluding hydrogens is 182 g/mol. The Balaban J connectivity index is 2.88. The number of carbonyl (C=O) groups is 1. The van der Waals surface area contributed by atoms with Crippen molar-refractivity contribution in [3.63, 3.8) is 0 Å². The van der Waals surface area contributed by atoms with Crippen LogP contribution in [0.2, 0.25) is 0 Å². The van der Waals surface area contributed by atoms with E-state index in [1.807, 2.05) is 0 Å². The predicted octanol–water partition coefficient (Wildman–Crippen LogP) is 1.06. The zero-order valence-corrected chi connectivity index (χ0v) is 7.77. The predicted molar refractivity (Wildman–Crippen MR) is 51.4 cm³/mol. The van der Waals surface area contributed by atoms with Crippen LogP contribution in [-0.2, 0) is 11.4 Å². The molecule has 1 rings (SSSR count). The van der Waals surface area contributed by atoms with Gasteiger partial charge in [0.25, 0.3) is 0 Å². The fourth-order valence-corrected chi connectivity index (χ4v) is 0.927. The van der Waals surface area contributed by atoms with E-state index in [1.54, 1.807) is 12.1 Å². The molecule has 0 radical (unpaired) electrons. The van der Waals surface area contributed by atoms with E-state index in [-0.39, 0.29) is 12.2 Å². The molecule has 1 aromatic rings. The highest BCUT2D eigenvalue weighted by Gasteiger charge is 1.99. The topological polar surface area (TPSA) is 70.4 Å². The average molecular weight is 193 g/mol. The van der Waals surface area contributed by atoms with E-state index in [0.717, 1.165) is 0 Å². The van der Waals surface area contributed by atoms with Crippen molar-refractivity contribution in [2.24, 2.45) is 0 Å². The molecule has 4 heteroatoms. The van der Waals surface area contributed by atoms with Crippen LogP contribution in [0.3, 0.4) is 0 Å². The van der Waals surface area contributed by atoms with Crippen LogP contribution in [0, 0.1) is 0 Å². The molecule has 1 aromatic heterocycles. The van der Waals surface area contributed by atoms with Crippen LogP contribution in [0.1, 0.15) is 18.2 Å². The Labute approximate surface area is 81.5 Å². The van der Waals surface area contributed by atoms with Gasteiger partial charge in [0.05, 0.1) is 12.3 Å². The van der Waals surface area contributed by atoms with Crippen LogP contribution >= 0.6 is 0 Å². The number of aliphatic carboxylic acids is 1. The Bertz CT molecular complexity index is 354. The lowest BCUT2D eigenvalue weighted by atomic mass is 10.2. The number of hydrogen-bond donors (Lipinski definition) is 2. The van der Waals surface area contributed by atoms with Crippen LogP contribution in [-0.4, -0.2) is 21.2 Å². The molecule has 0 bridgehead atoms. The summed E-state index contributed by atoms with van der Waals surface area (Å²) < 4.78 is 0. The van der Waals surface area contributed by atoms with Gasteiger partial charge in [0.1, 0.15) is 0 Å². The second-order valence-corrected chi connectivity index (χ2v) is 2.87. The minimum Gasteiger partial charge on any atom is -0.478 e. The van der Waals surface area contributed by atoms with Crippen LogP contribution < -0.4 is 0 Å². The van der Waals surface area contributed by atoms with Crippen molar-refractivity contribution in [2.75, 3.05) is 0 Å². The van der Waals surface area contributed by atoms with Crippen molar-refractivity contribution in [3.05, 3.63) is 35.2 Å². The monoisotopic (exact) mass is 193 g/mol. The summed E-state index contributed by atoms with van der Waals surface area (Å²) in [5.41, 5.74) is 1.53. The van der Waals surface area contributed by atoms with Gasteiger partial charge in [0, 0.05) is 11.8 Å². The lowest BCUT2D eigenvalue weighted by Crippen LogP contribution is -1.96. The van der Waals surface area contributed by atoms with E-state index in [2.05, 4.69) is 4.98 Å². The van der Waals surface area contributed by atoms with E-state index in [4.69, 9.17) is 10.2 Å². The molecule has 0 amide bonds. The largest absolute Gasteiger partial charge is 0.478 e. The summed E-state index contributed by atoms with van der Waals surface area (Å²) in [6, 6.07) is 3.37.